The molecule has 1 aliphatic heterocycles. The van der Waals surface area contributed by atoms with Gasteiger partial charge in [0.2, 0.25) is 0 Å². The van der Waals surface area contributed by atoms with Gasteiger partial charge in [-0.1, -0.05) is 23.9 Å². The van der Waals surface area contributed by atoms with Gasteiger partial charge in [-0.2, -0.15) is 0 Å². The first-order chi connectivity index (χ1) is 13.8. The third-order valence-electron chi connectivity index (χ3n) is 4.53. The predicted octanol–water partition coefficient (Wildman–Crippen LogP) is 4.51. The summed E-state index contributed by atoms with van der Waals surface area (Å²) in [7, 11) is 0. The molecule has 1 aliphatic rings. The Hall–Kier alpha value is -3.06. The van der Waals surface area contributed by atoms with E-state index < -0.39 is 0 Å². The van der Waals surface area contributed by atoms with E-state index in [-0.39, 0.29) is 11.5 Å². The van der Waals surface area contributed by atoms with Crippen molar-refractivity contribution in [3.8, 4) is 11.5 Å². The first-order valence-corrected chi connectivity index (χ1v) is 9.96. The molecule has 0 aliphatic carbocycles. The fourth-order valence-corrected chi connectivity index (χ4v) is 3.99. The van der Waals surface area contributed by atoms with Crippen molar-refractivity contribution in [2.24, 2.45) is 0 Å². The highest BCUT2D eigenvalue weighted by Crippen LogP contribution is 2.34. The van der Waals surface area contributed by atoms with Crippen molar-refractivity contribution in [3.05, 3.63) is 54.4 Å². The topological polar surface area (TPSA) is 74.5 Å². The molecule has 2 aromatic carbocycles. The van der Waals surface area contributed by atoms with Gasteiger partial charge in [0.05, 0.1) is 19.0 Å². The van der Waals surface area contributed by atoms with Crippen molar-refractivity contribution < 1.29 is 18.7 Å². The smallest absolute Gasteiger partial charge is 0.186 e. The Morgan fingerprint density at radius 3 is 2.82 bits per heavy atom. The van der Waals surface area contributed by atoms with Crippen molar-refractivity contribution in [2.75, 3.05) is 19.0 Å². The normalized spacial score (nSPS) is 13.6. The van der Waals surface area contributed by atoms with E-state index in [1.807, 2.05) is 24.3 Å². The molecule has 140 valence electrons. The fraction of sp³-hybridized carbons (Fsp3) is 0.190. The number of carbonyl (C=O) groups excluding carboxylic acids is 1. The summed E-state index contributed by atoms with van der Waals surface area (Å²) in [5.74, 6) is 1.53. The zero-order valence-corrected chi connectivity index (χ0v) is 15.7. The quantitative estimate of drug-likeness (QED) is 0.287. The molecule has 7 heteroatoms. The minimum absolute atomic E-state index is 0.0106. The molecule has 0 spiro atoms. The number of carbonyl (C=O) groups is 1. The highest BCUT2D eigenvalue weighted by atomic mass is 32.2. The molecule has 0 bridgehead atoms. The second kappa shape index (κ2) is 7.16. The van der Waals surface area contributed by atoms with Gasteiger partial charge in [-0.25, -0.2) is 9.97 Å². The number of thioether (sulfide) groups is 1. The zero-order chi connectivity index (χ0) is 18.9. The van der Waals surface area contributed by atoms with Crippen LogP contribution in [-0.2, 0) is 0 Å². The third kappa shape index (κ3) is 3.07. The fourth-order valence-electron chi connectivity index (χ4n) is 3.16. The van der Waals surface area contributed by atoms with Crippen LogP contribution in [0.1, 0.15) is 16.8 Å². The maximum atomic E-state index is 12.7. The second-order valence-electron chi connectivity index (χ2n) is 6.38. The molecular formula is C21H16N2O4S. The van der Waals surface area contributed by atoms with Crippen molar-refractivity contribution >= 4 is 39.6 Å². The average Bonchev–Trinajstić information content (AvgIpc) is 2.95. The van der Waals surface area contributed by atoms with Crippen LogP contribution in [0.4, 0.5) is 0 Å². The van der Waals surface area contributed by atoms with Crippen LogP contribution in [0.2, 0.25) is 0 Å². The van der Waals surface area contributed by atoms with Crippen LogP contribution in [-0.4, -0.2) is 34.7 Å². The van der Waals surface area contributed by atoms with E-state index in [0.29, 0.717) is 40.9 Å². The summed E-state index contributed by atoms with van der Waals surface area (Å²) in [5, 5.41) is 1.60. The van der Waals surface area contributed by atoms with Crippen LogP contribution in [0.5, 0.6) is 11.5 Å². The van der Waals surface area contributed by atoms with Gasteiger partial charge in [0, 0.05) is 17.4 Å². The standard InChI is InChI=1S/C21H16N2O4S/c24-15(13-6-7-17-18(10-13)26-9-3-8-25-17)11-28-21-20-19(22-12-23-21)14-4-1-2-5-16(14)27-20/h1-2,4-7,10,12H,3,8-9,11H2. The Kier molecular flexibility index (Phi) is 4.37. The molecule has 0 fully saturated rings. The van der Waals surface area contributed by atoms with E-state index in [2.05, 4.69) is 9.97 Å². The number of Topliss-reactive ketones (excluding diaryl/α,β-unsaturated/α-hetero) is 1. The molecule has 0 atom stereocenters. The summed E-state index contributed by atoms with van der Waals surface area (Å²) < 4.78 is 17.2. The van der Waals surface area contributed by atoms with Gasteiger partial charge >= 0.3 is 0 Å². The molecule has 28 heavy (non-hydrogen) atoms. The van der Waals surface area contributed by atoms with Crippen molar-refractivity contribution in [3.63, 3.8) is 0 Å². The molecule has 0 radical (unpaired) electrons. The predicted molar refractivity (Wildman–Crippen MR) is 106 cm³/mol. The third-order valence-corrected chi connectivity index (χ3v) is 5.51. The summed E-state index contributed by atoms with van der Waals surface area (Å²) in [6.45, 7) is 1.21. The molecule has 0 saturated carbocycles. The summed E-state index contributed by atoms with van der Waals surface area (Å²) in [5.41, 5.74) is 2.72. The Balaban J connectivity index is 1.39. The number of nitrogens with zero attached hydrogens (tertiary/aromatic N) is 2. The molecule has 0 saturated heterocycles. The molecule has 2 aromatic heterocycles. The molecule has 6 nitrogen and oxygen atoms in total. The Morgan fingerprint density at radius 1 is 1.04 bits per heavy atom. The van der Waals surface area contributed by atoms with Gasteiger partial charge in [-0.05, 0) is 30.3 Å². The first kappa shape index (κ1) is 17.1. The lowest BCUT2D eigenvalue weighted by Crippen LogP contribution is -2.04. The number of rotatable bonds is 4. The van der Waals surface area contributed by atoms with E-state index in [1.165, 1.54) is 18.1 Å². The van der Waals surface area contributed by atoms with Crippen LogP contribution >= 0.6 is 11.8 Å². The van der Waals surface area contributed by atoms with E-state index in [1.54, 1.807) is 18.2 Å². The van der Waals surface area contributed by atoms with Crippen LogP contribution in [0, 0.1) is 0 Å². The minimum atomic E-state index is -0.0106. The summed E-state index contributed by atoms with van der Waals surface area (Å²) in [6, 6.07) is 13.0. The molecule has 3 heterocycles. The summed E-state index contributed by atoms with van der Waals surface area (Å²) in [6.07, 6.45) is 2.33. The molecule has 5 rings (SSSR count). The lowest BCUT2D eigenvalue weighted by Gasteiger charge is -2.08. The van der Waals surface area contributed by atoms with Crippen LogP contribution in [0.15, 0.2) is 58.2 Å². The Bertz CT molecular complexity index is 1190. The number of fused-ring (bicyclic) bond motifs is 4. The lowest BCUT2D eigenvalue weighted by molar-refractivity contribution is 0.102. The number of para-hydroxylation sites is 1. The van der Waals surface area contributed by atoms with E-state index in [4.69, 9.17) is 13.9 Å². The van der Waals surface area contributed by atoms with E-state index in [0.717, 1.165) is 22.9 Å². The molecular weight excluding hydrogens is 376 g/mol. The molecule has 0 unspecified atom stereocenters. The van der Waals surface area contributed by atoms with Crippen molar-refractivity contribution in [1.82, 2.24) is 9.97 Å². The van der Waals surface area contributed by atoms with Crippen molar-refractivity contribution in [2.45, 2.75) is 11.4 Å². The Labute approximate surface area is 164 Å². The number of aromatic nitrogens is 2. The van der Waals surface area contributed by atoms with Crippen molar-refractivity contribution in [1.29, 1.82) is 0 Å². The SMILES string of the molecule is O=C(CSc1ncnc2c1oc1ccccc12)c1ccc2c(c1)OCCCO2. The largest absolute Gasteiger partial charge is 0.490 e. The minimum Gasteiger partial charge on any atom is -0.490 e. The maximum Gasteiger partial charge on any atom is 0.186 e. The van der Waals surface area contributed by atoms with Crippen LogP contribution < -0.4 is 9.47 Å². The number of ether oxygens (including phenoxy) is 2. The first-order valence-electron chi connectivity index (χ1n) is 8.97. The lowest BCUT2D eigenvalue weighted by atomic mass is 10.1. The van der Waals surface area contributed by atoms with Gasteiger partial charge in [0.1, 0.15) is 22.5 Å². The summed E-state index contributed by atoms with van der Waals surface area (Å²) >= 11 is 1.34. The maximum absolute atomic E-state index is 12.7. The van der Waals surface area contributed by atoms with E-state index in [9.17, 15) is 4.79 Å². The Morgan fingerprint density at radius 2 is 1.89 bits per heavy atom. The number of hydrogen-bond acceptors (Lipinski definition) is 7. The van der Waals surface area contributed by atoms with Crippen LogP contribution in [0.3, 0.4) is 0 Å². The molecule has 4 aromatic rings. The molecule has 0 N–H and O–H groups in total. The molecule has 0 amide bonds. The second-order valence-corrected chi connectivity index (χ2v) is 7.34. The average molecular weight is 392 g/mol. The van der Waals surface area contributed by atoms with Gasteiger partial charge < -0.3 is 13.9 Å². The van der Waals surface area contributed by atoms with Crippen LogP contribution in [0.25, 0.3) is 22.1 Å². The summed E-state index contributed by atoms with van der Waals surface area (Å²) in [4.78, 5) is 21.4. The van der Waals surface area contributed by atoms with Gasteiger partial charge in [0.15, 0.2) is 22.9 Å². The van der Waals surface area contributed by atoms with E-state index >= 15 is 0 Å². The number of hydrogen-bond donors (Lipinski definition) is 0. The van der Waals surface area contributed by atoms with Gasteiger partial charge in [0.25, 0.3) is 0 Å². The van der Waals surface area contributed by atoms with Gasteiger partial charge in [-0.15, -0.1) is 0 Å². The highest BCUT2D eigenvalue weighted by Gasteiger charge is 2.17. The zero-order valence-electron chi connectivity index (χ0n) is 14.9. The number of ketones is 1. The number of furan rings is 1. The number of benzene rings is 2. The monoisotopic (exact) mass is 392 g/mol. The highest BCUT2D eigenvalue weighted by molar-refractivity contribution is 8.00. The van der Waals surface area contributed by atoms with Gasteiger partial charge in [-0.3, -0.25) is 4.79 Å².